The number of hydrogen-bond donors (Lipinski definition) is 1. The molecule has 0 aromatic carbocycles. The van der Waals surface area contributed by atoms with Gasteiger partial charge in [-0.2, -0.15) is 8.42 Å². The summed E-state index contributed by atoms with van der Waals surface area (Å²) in [5.74, 6) is 0.0269. The molecule has 1 saturated heterocycles. The number of hydrogen-bond acceptors (Lipinski definition) is 4. The van der Waals surface area contributed by atoms with Crippen LogP contribution >= 0.6 is 0 Å². The van der Waals surface area contributed by atoms with Gasteiger partial charge in [0, 0.05) is 6.42 Å². The van der Waals surface area contributed by atoms with Crippen molar-refractivity contribution in [1.29, 1.82) is 0 Å². The predicted molar refractivity (Wildman–Crippen MR) is 55.8 cm³/mol. The van der Waals surface area contributed by atoms with Gasteiger partial charge in [-0.1, -0.05) is 13.3 Å². The normalized spacial score (nSPS) is 21.7. The largest absolute Gasteiger partial charge is 0.351 e. The van der Waals surface area contributed by atoms with Crippen LogP contribution < -0.4 is 5.32 Å². The summed E-state index contributed by atoms with van der Waals surface area (Å²) >= 11 is 0. The van der Waals surface area contributed by atoms with Crippen LogP contribution in [0.15, 0.2) is 0 Å². The minimum Gasteiger partial charge on any atom is -0.351 e. The molecule has 1 N–H and O–H groups in total. The van der Waals surface area contributed by atoms with Crippen LogP contribution in [0.3, 0.4) is 0 Å². The molecular weight excluding hydrogens is 218 g/mol. The fourth-order valence-electron chi connectivity index (χ4n) is 1.37. The van der Waals surface area contributed by atoms with Crippen molar-refractivity contribution in [3.05, 3.63) is 0 Å². The molecule has 1 unspecified atom stereocenters. The lowest BCUT2D eigenvalue weighted by Crippen LogP contribution is -2.31. The van der Waals surface area contributed by atoms with Crippen molar-refractivity contribution in [3.8, 4) is 0 Å². The molecule has 0 aromatic heterocycles. The monoisotopic (exact) mass is 235 g/mol. The summed E-state index contributed by atoms with van der Waals surface area (Å²) in [5, 5.41) is 2.65. The zero-order chi connectivity index (χ0) is 11.3. The number of amides is 1. The van der Waals surface area contributed by atoms with Crippen LogP contribution in [0.4, 0.5) is 0 Å². The van der Waals surface area contributed by atoms with E-state index in [0.717, 1.165) is 6.42 Å². The molecule has 1 heterocycles. The van der Waals surface area contributed by atoms with Crippen molar-refractivity contribution >= 4 is 16.0 Å². The van der Waals surface area contributed by atoms with E-state index in [2.05, 4.69) is 5.32 Å². The molecule has 0 aliphatic carbocycles. The molecule has 88 valence electrons. The predicted octanol–water partition coefficient (Wildman–Crippen LogP) is 0.412. The van der Waals surface area contributed by atoms with Crippen LogP contribution in [0.2, 0.25) is 0 Å². The van der Waals surface area contributed by atoms with Gasteiger partial charge in [-0.3, -0.25) is 8.98 Å². The highest BCUT2D eigenvalue weighted by molar-refractivity contribution is 7.86. The summed E-state index contributed by atoms with van der Waals surface area (Å²) in [7, 11) is -3.40. The third-order valence-electron chi connectivity index (χ3n) is 2.28. The molecule has 1 amide bonds. The van der Waals surface area contributed by atoms with E-state index < -0.39 is 10.1 Å². The highest BCUT2D eigenvalue weighted by Crippen LogP contribution is 2.08. The molecule has 6 heteroatoms. The summed E-state index contributed by atoms with van der Waals surface area (Å²) < 4.78 is 27.4. The second-order valence-corrected chi connectivity index (χ2v) is 5.46. The molecule has 1 atom stereocenters. The quantitative estimate of drug-likeness (QED) is 0.677. The molecule has 0 aromatic rings. The Morgan fingerprint density at radius 1 is 1.53 bits per heavy atom. The molecule has 0 saturated carbocycles. The van der Waals surface area contributed by atoms with E-state index in [1.165, 1.54) is 0 Å². The highest BCUT2D eigenvalue weighted by Gasteiger charge is 2.23. The minimum atomic E-state index is -3.40. The highest BCUT2D eigenvalue weighted by atomic mass is 32.2. The van der Waals surface area contributed by atoms with Gasteiger partial charge in [-0.05, 0) is 12.8 Å². The van der Waals surface area contributed by atoms with Crippen LogP contribution in [0.25, 0.3) is 0 Å². The Balaban J connectivity index is 2.27. The van der Waals surface area contributed by atoms with E-state index >= 15 is 0 Å². The summed E-state index contributed by atoms with van der Waals surface area (Å²) in [6.45, 7) is 1.99. The van der Waals surface area contributed by atoms with Gasteiger partial charge in [0.25, 0.3) is 10.1 Å². The first kappa shape index (κ1) is 12.4. The van der Waals surface area contributed by atoms with Crippen LogP contribution in [0.1, 0.15) is 32.6 Å². The maximum Gasteiger partial charge on any atom is 0.267 e. The van der Waals surface area contributed by atoms with Gasteiger partial charge in [0.2, 0.25) is 5.91 Å². The first-order chi connectivity index (χ1) is 7.03. The summed E-state index contributed by atoms with van der Waals surface area (Å²) in [6, 6.07) is -0.145. The lowest BCUT2D eigenvalue weighted by atomic mass is 10.2. The molecule has 1 rings (SSSR count). The van der Waals surface area contributed by atoms with Crippen molar-refractivity contribution in [3.63, 3.8) is 0 Å². The number of unbranched alkanes of at least 4 members (excludes halogenated alkanes) is 1. The van der Waals surface area contributed by atoms with Gasteiger partial charge in [0.05, 0.1) is 18.4 Å². The third-order valence-corrected chi connectivity index (χ3v) is 3.57. The summed E-state index contributed by atoms with van der Waals surface area (Å²) in [4.78, 5) is 10.8. The average molecular weight is 235 g/mol. The Kier molecular flexibility index (Phi) is 4.53. The van der Waals surface area contributed by atoms with Gasteiger partial charge >= 0.3 is 0 Å². The van der Waals surface area contributed by atoms with Gasteiger partial charge in [-0.25, -0.2) is 0 Å². The number of nitrogens with one attached hydrogen (secondary N) is 1. The second-order valence-electron chi connectivity index (χ2n) is 3.70. The van der Waals surface area contributed by atoms with E-state index in [-0.39, 0.29) is 24.3 Å². The molecule has 0 bridgehead atoms. The lowest BCUT2D eigenvalue weighted by Gasteiger charge is -2.10. The lowest BCUT2D eigenvalue weighted by molar-refractivity contribution is -0.119. The van der Waals surface area contributed by atoms with E-state index in [1.807, 2.05) is 6.92 Å². The first-order valence-electron chi connectivity index (χ1n) is 5.20. The standard InChI is InChI=1S/C9H17NO4S/c1-2-3-6-15(12,13)14-7-8-4-5-9(11)10-8/h8H,2-7H2,1H3,(H,10,11). The number of rotatable bonds is 6. The SMILES string of the molecule is CCCCS(=O)(=O)OCC1CCC(=O)N1. The fourth-order valence-corrected chi connectivity index (χ4v) is 2.50. The van der Waals surface area contributed by atoms with Crippen LogP contribution in [0.5, 0.6) is 0 Å². The van der Waals surface area contributed by atoms with Crippen LogP contribution in [-0.2, 0) is 19.1 Å². The van der Waals surface area contributed by atoms with Crippen molar-refractivity contribution < 1.29 is 17.4 Å². The Hall–Kier alpha value is -0.620. The van der Waals surface area contributed by atoms with Gasteiger partial charge in [0.15, 0.2) is 0 Å². The van der Waals surface area contributed by atoms with E-state index in [1.54, 1.807) is 0 Å². The second kappa shape index (κ2) is 5.46. The molecule has 15 heavy (non-hydrogen) atoms. The first-order valence-corrected chi connectivity index (χ1v) is 6.77. The molecule has 0 radical (unpaired) electrons. The molecule has 5 nitrogen and oxygen atoms in total. The van der Waals surface area contributed by atoms with Gasteiger partial charge < -0.3 is 5.32 Å². The third kappa shape index (κ3) is 4.61. The van der Waals surface area contributed by atoms with E-state index in [4.69, 9.17) is 4.18 Å². The maximum atomic E-state index is 11.3. The Bertz CT molecular complexity index is 312. The average Bonchev–Trinajstić information content (AvgIpc) is 2.59. The number of carbonyl (C=O) groups is 1. The Morgan fingerprint density at radius 2 is 2.27 bits per heavy atom. The van der Waals surface area contributed by atoms with E-state index in [0.29, 0.717) is 19.3 Å². The zero-order valence-corrected chi connectivity index (χ0v) is 9.68. The topological polar surface area (TPSA) is 72.5 Å². The van der Waals surface area contributed by atoms with Crippen molar-refractivity contribution in [2.75, 3.05) is 12.4 Å². The summed E-state index contributed by atoms with van der Waals surface area (Å²) in [6.07, 6.45) is 2.55. The van der Waals surface area contributed by atoms with Crippen molar-refractivity contribution in [2.45, 2.75) is 38.6 Å². The van der Waals surface area contributed by atoms with Crippen molar-refractivity contribution in [1.82, 2.24) is 5.32 Å². The minimum absolute atomic E-state index is 0.0328. The Labute approximate surface area is 90.3 Å². The van der Waals surface area contributed by atoms with Gasteiger partial charge in [-0.15, -0.1) is 0 Å². The fraction of sp³-hybridized carbons (Fsp3) is 0.889. The smallest absolute Gasteiger partial charge is 0.267 e. The summed E-state index contributed by atoms with van der Waals surface area (Å²) in [5.41, 5.74) is 0. The molecule has 1 aliphatic rings. The van der Waals surface area contributed by atoms with Crippen LogP contribution in [0, 0.1) is 0 Å². The molecule has 1 fully saturated rings. The molecular formula is C9H17NO4S. The Morgan fingerprint density at radius 3 is 2.80 bits per heavy atom. The molecule has 0 spiro atoms. The van der Waals surface area contributed by atoms with Gasteiger partial charge in [0.1, 0.15) is 0 Å². The molecule has 1 aliphatic heterocycles. The van der Waals surface area contributed by atoms with E-state index in [9.17, 15) is 13.2 Å². The van der Waals surface area contributed by atoms with Crippen LogP contribution in [-0.4, -0.2) is 32.7 Å². The maximum absolute atomic E-state index is 11.3. The van der Waals surface area contributed by atoms with Crippen molar-refractivity contribution in [2.24, 2.45) is 0 Å². The zero-order valence-electron chi connectivity index (χ0n) is 8.86. The number of carbonyl (C=O) groups excluding carboxylic acids is 1.